The summed E-state index contributed by atoms with van der Waals surface area (Å²) in [6.45, 7) is 9.64. The molecule has 0 N–H and O–H groups in total. The van der Waals surface area contributed by atoms with E-state index in [1.54, 1.807) is 0 Å². The van der Waals surface area contributed by atoms with Crippen LogP contribution in [0.4, 0.5) is 0 Å². The third kappa shape index (κ3) is 84.7. The summed E-state index contributed by atoms with van der Waals surface area (Å²) in [5.74, 6) is -2.71. The Hall–Kier alpha value is -0.747. The molecule has 0 aliphatic carbocycles. The van der Waals surface area contributed by atoms with E-state index < -0.39 is 17.9 Å². The Morgan fingerprint density at radius 3 is 0.469 bits per heavy atom. The molecule has 8 heteroatoms. The standard InChI is InChI=1S/3C18H36O2.C2H5O.Zr/c3*1-2-3-4-5-6-7-8-9-10-11-12-13-14-15-16-17-18(19)20;1-2-3;/h3*2-17H2,1H3,(H,19,20);2H2,1H3;/q;;;-1;+4/p-3. The molecule has 0 fully saturated rings. The van der Waals surface area contributed by atoms with E-state index in [1.165, 1.54) is 276 Å². The summed E-state index contributed by atoms with van der Waals surface area (Å²) in [5.41, 5.74) is 0. The Balaban J connectivity index is -0.000000404. The van der Waals surface area contributed by atoms with Gasteiger partial charge in [0, 0.05) is 17.9 Å². The van der Waals surface area contributed by atoms with Gasteiger partial charge >= 0.3 is 41.5 Å². The summed E-state index contributed by atoms with van der Waals surface area (Å²) in [7, 11) is 0. The van der Waals surface area contributed by atoms with Gasteiger partial charge in [0.15, 0.2) is 0 Å². The molecule has 0 aliphatic heterocycles. The van der Waals surface area contributed by atoms with E-state index in [0.29, 0.717) is 0 Å². The van der Waals surface area contributed by atoms with Crippen LogP contribution in [0.1, 0.15) is 336 Å². The molecule has 7 nitrogen and oxygen atoms in total. The third-order valence-electron chi connectivity index (χ3n) is 12.1. The first-order valence-corrected chi connectivity index (χ1v) is 29.1. The molecule has 0 atom stereocenters. The van der Waals surface area contributed by atoms with E-state index in [0.717, 1.165) is 45.1 Å². The fraction of sp³-hybridized carbons (Fsp3) is 0.946. The molecule has 0 spiro atoms. The zero-order valence-electron chi connectivity index (χ0n) is 43.5. The summed E-state index contributed by atoms with van der Waals surface area (Å²) in [6, 6.07) is 0. The second-order valence-corrected chi connectivity index (χ2v) is 19.4. The van der Waals surface area contributed by atoms with Crippen LogP contribution in [-0.2, 0) is 42.4 Å². The monoisotopic (exact) mass is 985 g/mol. The van der Waals surface area contributed by atoms with E-state index in [2.05, 4.69) is 23.6 Å². The molecule has 0 aromatic carbocycles. The van der Waals surface area contributed by atoms with E-state index in [4.69, 9.17) is 0 Å². The number of carboxylic acids is 3. The van der Waals surface area contributed by atoms with Crippen LogP contribution in [0, 0.1) is 0 Å². The second-order valence-electron chi connectivity index (χ2n) is 18.6. The normalized spacial score (nSPS) is 10.7. The maximum atomic E-state index is 10.2. The predicted octanol–water partition coefficient (Wildman–Crippen LogP) is 15.5. The van der Waals surface area contributed by atoms with Crippen molar-refractivity contribution in [3.05, 3.63) is 0 Å². The molecule has 0 heterocycles. The average Bonchev–Trinajstić information content (AvgIpc) is 3.28. The van der Waals surface area contributed by atoms with Crippen molar-refractivity contribution in [1.29, 1.82) is 0 Å². The van der Waals surface area contributed by atoms with Crippen LogP contribution in [0.25, 0.3) is 0 Å². The molecule has 0 rings (SSSR count). The molecule has 0 aromatic heterocycles. The topological polar surface area (TPSA) is 130 Å². The summed E-state index contributed by atoms with van der Waals surface area (Å²) in [6.07, 6.45) is 59.6. The molecule has 64 heavy (non-hydrogen) atoms. The van der Waals surface area contributed by atoms with Crippen LogP contribution in [0.15, 0.2) is 0 Å². The summed E-state index contributed by atoms with van der Waals surface area (Å²) in [5, 5.41) is 30.7. The van der Waals surface area contributed by atoms with E-state index in [1.807, 2.05) is 6.92 Å². The van der Waals surface area contributed by atoms with Gasteiger partial charge in [-0.2, -0.15) is 0 Å². The Kier molecular flexibility index (Phi) is 75.1. The quantitative estimate of drug-likeness (QED) is 0.0555. The van der Waals surface area contributed by atoms with Gasteiger partial charge in [0.1, 0.15) is 0 Å². The minimum atomic E-state index is -0.903. The number of carbonyl (C=O) groups is 3. The van der Waals surface area contributed by atoms with Gasteiger partial charge in [0.25, 0.3) is 0 Å². The van der Waals surface area contributed by atoms with E-state index in [-0.39, 0.29) is 19.3 Å². The van der Waals surface area contributed by atoms with Crippen LogP contribution in [0.2, 0.25) is 0 Å². The van der Waals surface area contributed by atoms with Gasteiger partial charge in [-0.3, -0.25) is 0 Å². The minimum absolute atomic E-state index is 0.234. The number of aliphatic carboxylic acids is 3. The van der Waals surface area contributed by atoms with Gasteiger partial charge < -0.3 is 29.7 Å². The molecule has 0 saturated carbocycles. The first-order chi connectivity index (χ1) is 31.2. The molecular formula is C56H110O7Zr. The van der Waals surface area contributed by atoms with Crippen molar-refractivity contribution in [3.63, 3.8) is 0 Å². The van der Waals surface area contributed by atoms with Gasteiger partial charge in [0.05, 0.1) is 0 Å². The van der Waals surface area contributed by atoms with Crippen molar-refractivity contribution in [2.24, 2.45) is 0 Å². The van der Waals surface area contributed by atoms with Gasteiger partial charge in [0.2, 0.25) is 0 Å². The summed E-state index contributed by atoms with van der Waals surface area (Å²) in [4.78, 5) is 30.7. The molecule has 0 aliphatic rings. The molecule has 0 radical (unpaired) electrons. The Morgan fingerprint density at radius 2 is 0.375 bits per heavy atom. The molecule has 0 amide bonds. The van der Waals surface area contributed by atoms with Crippen LogP contribution in [0.3, 0.4) is 0 Å². The van der Waals surface area contributed by atoms with Crippen LogP contribution < -0.4 is 15.3 Å². The van der Waals surface area contributed by atoms with Crippen molar-refractivity contribution in [1.82, 2.24) is 0 Å². The molecule has 0 bridgehead atoms. The molecule has 380 valence electrons. The second kappa shape index (κ2) is 68.8. The Morgan fingerprint density at radius 1 is 0.266 bits per heavy atom. The maximum absolute atomic E-state index is 10.2. The van der Waals surface area contributed by atoms with Gasteiger partial charge in [-0.15, -0.1) is 0 Å². The third-order valence-corrected chi connectivity index (χ3v) is 12.8. The SMILES string of the molecule is CCCCCCCCCCCCCCCCCC(=O)[O-].CCCCCCCCCCCCCCCCCC(=O)[O-].CCCCCCCCCCCCCCCCCC(=O)[O-].CC[O][Zr+3]. The van der Waals surface area contributed by atoms with Crippen molar-refractivity contribution >= 4 is 17.9 Å². The van der Waals surface area contributed by atoms with Gasteiger partial charge in [-0.25, -0.2) is 0 Å². The van der Waals surface area contributed by atoms with Gasteiger partial charge in [-0.05, 0) is 38.5 Å². The van der Waals surface area contributed by atoms with Crippen molar-refractivity contribution in [2.75, 3.05) is 6.61 Å². The molecule has 0 unspecified atom stereocenters. The molecule has 0 aromatic rings. The number of hydrogen-bond acceptors (Lipinski definition) is 7. The van der Waals surface area contributed by atoms with Crippen LogP contribution in [-0.4, -0.2) is 24.5 Å². The number of unbranched alkanes of at least 4 members (excludes halogenated alkanes) is 42. The fourth-order valence-electron chi connectivity index (χ4n) is 7.92. The number of carboxylic acid groups (broad SMARTS) is 3. The number of rotatable bonds is 49. The van der Waals surface area contributed by atoms with E-state index in [9.17, 15) is 29.7 Å². The Labute approximate surface area is 415 Å². The van der Waals surface area contributed by atoms with Crippen molar-refractivity contribution in [2.45, 2.75) is 336 Å². The summed E-state index contributed by atoms with van der Waals surface area (Å²) < 4.78 is 4.63. The first-order valence-electron chi connectivity index (χ1n) is 28.1. The zero-order chi connectivity index (χ0) is 48.1. The molecular weight excluding hydrogens is 876 g/mol. The number of carbonyl (C=O) groups excluding carboxylic acids is 3. The summed E-state index contributed by atoms with van der Waals surface area (Å²) >= 11 is 1.17. The van der Waals surface area contributed by atoms with E-state index >= 15 is 0 Å². The Bertz CT molecular complexity index is 748. The van der Waals surface area contributed by atoms with Crippen LogP contribution >= 0.6 is 0 Å². The first kappa shape index (κ1) is 69.8. The van der Waals surface area contributed by atoms with Crippen LogP contribution in [0.5, 0.6) is 0 Å². The fourth-order valence-corrected chi connectivity index (χ4v) is 7.92. The predicted molar refractivity (Wildman–Crippen MR) is 265 cm³/mol. The van der Waals surface area contributed by atoms with Crippen molar-refractivity contribution < 1.29 is 57.7 Å². The number of hydrogen-bond donors (Lipinski definition) is 0. The average molecular weight is 987 g/mol. The zero-order valence-corrected chi connectivity index (χ0v) is 46.0. The van der Waals surface area contributed by atoms with Crippen molar-refractivity contribution in [3.8, 4) is 0 Å². The van der Waals surface area contributed by atoms with Gasteiger partial charge in [-0.1, -0.05) is 290 Å². The molecule has 0 saturated heterocycles.